The molecule has 21 heavy (non-hydrogen) atoms. The molecule has 1 heterocycles. The van der Waals surface area contributed by atoms with Gasteiger partial charge in [0, 0.05) is 18.3 Å². The van der Waals surface area contributed by atoms with Gasteiger partial charge in [0.1, 0.15) is 0 Å². The first kappa shape index (κ1) is 16.5. The van der Waals surface area contributed by atoms with Gasteiger partial charge in [-0.05, 0) is 77.3 Å². The summed E-state index contributed by atoms with van der Waals surface area (Å²) in [6.45, 7) is 12.4. The Morgan fingerprint density at radius 1 is 1.29 bits per heavy atom. The van der Waals surface area contributed by atoms with Gasteiger partial charge in [-0.15, -0.1) is 0 Å². The Morgan fingerprint density at radius 2 is 2.00 bits per heavy atom. The summed E-state index contributed by atoms with van der Waals surface area (Å²) < 4.78 is 2.07. The van der Waals surface area contributed by atoms with Crippen molar-refractivity contribution >= 4 is 0 Å². The van der Waals surface area contributed by atoms with E-state index in [0.29, 0.717) is 0 Å². The van der Waals surface area contributed by atoms with Crippen LogP contribution in [0.5, 0.6) is 0 Å². The zero-order chi connectivity index (χ0) is 15.6. The Bertz CT molecular complexity index is 456. The van der Waals surface area contributed by atoms with Crippen LogP contribution in [0.4, 0.5) is 0 Å². The van der Waals surface area contributed by atoms with E-state index in [1.807, 2.05) is 0 Å². The van der Waals surface area contributed by atoms with Crippen molar-refractivity contribution in [3.8, 4) is 0 Å². The molecule has 0 spiro atoms. The Hall–Kier alpha value is -0.830. The van der Waals surface area contributed by atoms with Crippen LogP contribution in [0.25, 0.3) is 0 Å². The van der Waals surface area contributed by atoms with Crippen LogP contribution >= 0.6 is 0 Å². The molecule has 3 unspecified atom stereocenters. The second-order valence-electron chi connectivity index (χ2n) is 8.17. The van der Waals surface area contributed by atoms with Gasteiger partial charge in [0.15, 0.2) is 0 Å². The van der Waals surface area contributed by atoms with Gasteiger partial charge >= 0.3 is 0 Å². The fourth-order valence-corrected chi connectivity index (χ4v) is 3.64. The number of nitrogens with one attached hydrogen (secondary N) is 1. The van der Waals surface area contributed by atoms with Gasteiger partial charge in [-0.25, -0.2) is 0 Å². The molecule has 1 aliphatic carbocycles. The minimum Gasteiger partial charge on any atom is -0.312 e. The zero-order valence-electron chi connectivity index (χ0n) is 14.7. The summed E-state index contributed by atoms with van der Waals surface area (Å²) in [5.74, 6) is 2.46. The van der Waals surface area contributed by atoms with Crippen LogP contribution in [0.15, 0.2) is 6.07 Å². The topological polar surface area (TPSA) is 29.9 Å². The summed E-state index contributed by atoms with van der Waals surface area (Å²) in [7, 11) is 2.08. The van der Waals surface area contributed by atoms with E-state index in [0.717, 1.165) is 30.0 Å². The SMILES string of the molecule is Cc1cc(CC2CC(C)CCC2CNC(C)(C)C)n(C)n1. The number of hydrogen-bond acceptors (Lipinski definition) is 2. The molecule has 3 heteroatoms. The molecule has 0 radical (unpaired) electrons. The van der Waals surface area contributed by atoms with Gasteiger partial charge in [0.25, 0.3) is 0 Å². The molecule has 0 amide bonds. The molecule has 3 atom stereocenters. The molecular weight excluding hydrogens is 258 g/mol. The summed E-state index contributed by atoms with van der Waals surface area (Å²) in [6.07, 6.45) is 5.29. The van der Waals surface area contributed by atoms with E-state index >= 15 is 0 Å². The number of nitrogens with zero attached hydrogens (tertiary/aromatic N) is 2. The smallest absolute Gasteiger partial charge is 0.0596 e. The van der Waals surface area contributed by atoms with E-state index in [1.165, 1.54) is 31.4 Å². The van der Waals surface area contributed by atoms with E-state index in [9.17, 15) is 0 Å². The van der Waals surface area contributed by atoms with Crippen molar-refractivity contribution in [2.45, 2.75) is 65.8 Å². The lowest BCUT2D eigenvalue weighted by molar-refractivity contribution is 0.172. The molecule has 1 aromatic rings. The standard InChI is InChI=1S/C18H33N3/c1-13-7-8-15(12-19-18(3,4)5)16(9-13)11-17-10-14(2)20-21(17)6/h10,13,15-16,19H,7-9,11-12H2,1-6H3. The maximum atomic E-state index is 4.51. The fourth-order valence-electron chi connectivity index (χ4n) is 3.64. The maximum Gasteiger partial charge on any atom is 0.0596 e. The van der Waals surface area contributed by atoms with E-state index in [1.54, 1.807) is 0 Å². The molecule has 1 fully saturated rings. The number of hydrogen-bond donors (Lipinski definition) is 1. The molecule has 0 aliphatic heterocycles. The Balaban J connectivity index is 2.03. The minimum atomic E-state index is 0.219. The van der Waals surface area contributed by atoms with E-state index in [-0.39, 0.29) is 5.54 Å². The highest BCUT2D eigenvalue weighted by molar-refractivity contribution is 5.10. The van der Waals surface area contributed by atoms with Crippen LogP contribution in [0, 0.1) is 24.7 Å². The third-order valence-electron chi connectivity index (χ3n) is 4.87. The lowest BCUT2D eigenvalue weighted by atomic mass is 9.72. The van der Waals surface area contributed by atoms with Gasteiger partial charge in [-0.3, -0.25) is 4.68 Å². The van der Waals surface area contributed by atoms with Crippen molar-refractivity contribution in [1.29, 1.82) is 0 Å². The van der Waals surface area contributed by atoms with Crippen LogP contribution in [-0.4, -0.2) is 21.9 Å². The molecule has 120 valence electrons. The Labute approximate surface area is 130 Å². The Kier molecular flexibility index (Phi) is 5.13. The van der Waals surface area contributed by atoms with E-state index < -0.39 is 0 Å². The van der Waals surface area contributed by atoms with Gasteiger partial charge in [0.2, 0.25) is 0 Å². The van der Waals surface area contributed by atoms with Crippen LogP contribution in [0.3, 0.4) is 0 Å². The van der Waals surface area contributed by atoms with Crippen molar-refractivity contribution in [2.24, 2.45) is 24.8 Å². The Morgan fingerprint density at radius 3 is 2.57 bits per heavy atom. The molecule has 3 nitrogen and oxygen atoms in total. The van der Waals surface area contributed by atoms with Crippen molar-refractivity contribution in [3.05, 3.63) is 17.5 Å². The monoisotopic (exact) mass is 291 g/mol. The summed E-state index contributed by atoms with van der Waals surface area (Å²) >= 11 is 0. The lowest BCUT2D eigenvalue weighted by Crippen LogP contribution is -2.42. The highest BCUT2D eigenvalue weighted by Gasteiger charge is 2.30. The first-order valence-corrected chi connectivity index (χ1v) is 8.49. The van der Waals surface area contributed by atoms with Crippen LogP contribution in [0.2, 0.25) is 0 Å². The van der Waals surface area contributed by atoms with E-state index in [2.05, 4.69) is 62.8 Å². The van der Waals surface area contributed by atoms with E-state index in [4.69, 9.17) is 0 Å². The quantitative estimate of drug-likeness (QED) is 0.916. The molecule has 0 bridgehead atoms. The first-order chi connectivity index (χ1) is 9.74. The molecule has 1 aromatic heterocycles. The third kappa shape index (κ3) is 4.84. The highest BCUT2D eigenvalue weighted by atomic mass is 15.3. The average Bonchev–Trinajstić information content (AvgIpc) is 2.65. The normalized spacial score (nSPS) is 27.0. The third-order valence-corrected chi connectivity index (χ3v) is 4.87. The maximum absolute atomic E-state index is 4.51. The van der Waals surface area contributed by atoms with Crippen molar-refractivity contribution in [3.63, 3.8) is 0 Å². The number of aromatic nitrogens is 2. The fraction of sp³-hybridized carbons (Fsp3) is 0.833. The predicted molar refractivity (Wildman–Crippen MR) is 89.4 cm³/mol. The summed E-state index contributed by atoms with van der Waals surface area (Å²) in [6, 6.07) is 2.26. The van der Waals surface area contributed by atoms with Crippen LogP contribution < -0.4 is 5.32 Å². The molecule has 1 aliphatic rings. The van der Waals surface area contributed by atoms with Gasteiger partial charge in [-0.1, -0.05) is 13.3 Å². The largest absolute Gasteiger partial charge is 0.312 e. The molecule has 1 saturated carbocycles. The second kappa shape index (κ2) is 6.51. The summed E-state index contributed by atoms with van der Waals surface area (Å²) in [5, 5.41) is 8.23. The minimum absolute atomic E-state index is 0.219. The predicted octanol–water partition coefficient (Wildman–Crippen LogP) is 3.71. The highest BCUT2D eigenvalue weighted by Crippen LogP contribution is 2.35. The van der Waals surface area contributed by atoms with Crippen molar-refractivity contribution < 1.29 is 0 Å². The summed E-state index contributed by atoms with van der Waals surface area (Å²) in [4.78, 5) is 0. The zero-order valence-corrected chi connectivity index (χ0v) is 14.7. The molecule has 2 rings (SSSR count). The first-order valence-electron chi connectivity index (χ1n) is 8.49. The number of rotatable bonds is 4. The van der Waals surface area contributed by atoms with Crippen molar-refractivity contribution in [1.82, 2.24) is 15.1 Å². The summed E-state index contributed by atoms with van der Waals surface area (Å²) in [5.41, 5.74) is 2.75. The average molecular weight is 291 g/mol. The second-order valence-corrected chi connectivity index (χ2v) is 8.17. The molecule has 1 N–H and O–H groups in total. The van der Waals surface area contributed by atoms with Gasteiger partial charge in [-0.2, -0.15) is 5.10 Å². The van der Waals surface area contributed by atoms with Gasteiger partial charge in [0.05, 0.1) is 5.69 Å². The van der Waals surface area contributed by atoms with Crippen LogP contribution in [0.1, 0.15) is 58.3 Å². The van der Waals surface area contributed by atoms with Crippen molar-refractivity contribution in [2.75, 3.05) is 6.54 Å². The number of aryl methyl sites for hydroxylation is 2. The van der Waals surface area contributed by atoms with Gasteiger partial charge < -0.3 is 5.32 Å². The lowest BCUT2D eigenvalue weighted by Gasteiger charge is -2.37. The molecule has 0 aromatic carbocycles. The van der Waals surface area contributed by atoms with Crippen LogP contribution in [-0.2, 0) is 13.5 Å². The molecule has 0 saturated heterocycles. The molecular formula is C18H33N3.